The second kappa shape index (κ2) is 10.8. The lowest BCUT2D eigenvalue weighted by Crippen LogP contribution is -2.15. The van der Waals surface area contributed by atoms with E-state index in [2.05, 4.69) is 57.2 Å². The second-order valence-electron chi connectivity index (χ2n) is 7.57. The molecule has 0 unspecified atom stereocenters. The number of rotatable bonds is 10. The van der Waals surface area contributed by atoms with E-state index in [1.165, 1.54) is 16.7 Å². The SMILES string of the molecule is CCC(C)(C)c1ccc(CCCOC(=O)OCCCc2ccccc2)cc1. The zero-order valence-corrected chi connectivity index (χ0v) is 16.9. The molecule has 3 heteroatoms. The molecule has 2 aromatic rings. The van der Waals surface area contributed by atoms with Gasteiger partial charge in [-0.25, -0.2) is 4.79 Å². The first-order chi connectivity index (χ1) is 13.0. The van der Waals surface area contributed by atoms with Crippen LogP contribution in [-0.2, 0) is 27.7 Å². The fourth-order valence-corrected chi connectivity index (χ4v) is 2.88. The highest BCUT2D eigenvalue weighted by Crippen LogP contribution is 2.26. The average molecular weight is 369 g/mol. The van der Waals surface area contributed by atoms with Gasteiger partial charge in [-0.2, -0.15) is 0 Å². The number of carbonyl (C=O) groups is 1. The summed E-state index contributed by atoms with van der Waals surface area (Å²) in [6, 6.07) is 19.0. The lowest BCUT2D eigenvalue weighted by molar-refractivity contribution is 0.0539. The minimum absolute atomic E-state index is 0.214. The second-order valence-corrected chi connectivity index (χ2v) is 7.57. The molecular weight excluding hydrogens is 336 g/mol. The van der Waals surface area contributed by atoms with Crippen molar-refractivity contribution in [1.29, 1.82) is 0 Å². The van der Waals surface area contributed by atoms with Crippen molar-refractivity contribution in [1.82, 2.24) is 0 Å². The zero-order chi connectivity index (χ0) is 19.5. The molecule has 0 aromatic heterocycles. The molecule has 0 atom stereocenters. The summed E-state index contributed by atoms with van der Waals surface area (Å²) >= 11 is 0. The Kier molecular flexibility index (Phi) is 8.38. The monoisotopic (exact) mass is 368 g/mol. The van der Waals surface area contributed by atoms with Crippen LogP contribution in [0.2, 0.25) is 0 Å². The van der Waals surface area contributed by atoms with Crippen molar-refractivity contribution in [3.8, 4) is 0 Å². The molecule has 0 heterocycles. The van der Waals surface area contributed by atoms with Gasteiger partial charge in [0.1, 0.15) is 0 Å². The molecule has 146 valence electrons. The summed E-state index contributed by atoms with van der Waals surface area (Å²) in [5.41, 5.74) is 4.10. The third kappa shape index (κ3) is 7.46. The Hall–Kier alpha value is -2.29. The highest BCUT2D eigenvalue weighted by atomic mass is 16.7. The molecule has 0 radical (unpaired) electrons. The maximum atomic E-state index is 11.6. The Morgan fingerprint density at radius 3 is 1.85 bits per heavy atom. The minimum atomic E-state index is -0.567. The molecule has 0 aliphatic carbocycles. The molecule has 0 saturated carbocycles. The zero-order valence-electron chi connectivity index (χ0n) is 16.9. The molecule has 2 aromatic carbocycles. The van der Waals surface area contributed by atoms with Crippen molar-refractivity contribution in [2.75, 3.05) is 13.2 Å². The van der Waals surface area contributed by atoms with Crippen LogP contribution in [0.3, 0.4) is 0 Å². The van der Waals surface area contributed by atoms with E-state index in [0.29, 0.717) is 13.2 Å². The van der Waals surface area contributed by atoms with E-state index >= 15 is 0 Å². The third-order valence-electron chi connectivity index (χ3n) is 5.12. The topological polar surface area (TPSA) is 35.5 Å². The molecule has 2 rings (SSSR count). The smallest absolute Gasteiger partial charge is 0.434 e. The Morgan fingerprint density at radius 1 is 0.815 bits per heavy atom. The van der Waals surface area contributed by atoms with Gasteiger partial charge in [0.15, 0.2) is 0 Å². The van der Waals surface area contributed by atoms with Crippen LogP contribution in [-0.4, -0.2) is 19.4 Å². The van der Waals surface area contributed by atoms with Crippen LogP contribution in [0.25, 0.3) is 0 Å². The summed E-state index contributed by atoms with van der Waals surface area (Å²) < 4.78 is 10.3. The largest absolute Gasteiger partial charge is 0.508 e. The van der Waals surface area contributed by atoms with E-state index in [-0.39, 0.29) is 5.41 Å². The first-order valence-electron chi connectivity index (χ1n) is 9.94. The van der Waals surface area contributed by atoms with Crippen LogP contribution in [0.1, 0.15) is 56.7 Å². The highest BCUT2D eigenvalue weighted by molar-refractivity contribution is 5.59. The Bertz CT molecular complexity index is 675. The summed E-state index contributed by atoms with van der Waals surface area (Å²) in [5.74, 6) is 0. The number of carbonyl (C=O) groups excluding carboxylic acids is 1. The van der Waals surface area contributed by atoms with Gasteiger partial charge in [0.2, 0.25) is 0 Å². The minimum Gasteiger partial charge on any atom is -0.434 e. The normalized spacial score (nSPS) is 11.2. The summed E-state index contributed by atoms with van der Waals surface area (Å²) in [5, 5.41) is 0. The molecular formula is C24H32O3. The predicted octanol–water partition coefficient (Wildman–Crippen LogP) is 6.09. The van der Waals surface area contributed by atoms with Crippen LogP contribution < -0.4 is 0 Å². The molecule has 0 aliphatic heterocycles. The standard InChI is InChI=1S/C24H32O3/c1-4-24(2,3)22-16-14-21(15-17-22)13-9-19-27-23(25)26-18-8-12-20-10-6-5-7-11-20/h5-7,10-11,14-17H,4,8-9,12-13,18-19H2,1-3H3. The average Bonchev–Trinajstić information content (AvgIpc) is 2.70. The lowest BCUT2D eigenvalue weighted by atomic mass is 9.82. The van der Waals surface area contributed by atoms with E-state index in [4.69, 9.17) is 9.47 Å². The lowest BCUT2D eigenvalue weighted by Gasteiger charge is -2.23. The van der Waals surface area contributed by atoms with E-state index in [0.717, 1.165) is 32.1 Å². The van der Waals surface area contributed by atoms with Crippen molar-refractivity contribution in [2.24, 2.45) is 0 Å². The Morgan fingerprint density at radius 2 is 1.33 bits per heavy atom. The van der Waals surface area contributed by atoms with Crippen molar-refractivity contribution < 1.29 is 14.3 Å². The van der Waals surface area contributed by atoms with E-state index in [9.17, 15) is 4.79 Å². The van der Waals surface area contributed by atoms with Crippen molar-refractivity contribution in [3.05, 3.63) is 71.3 Å². The van der Waals surface area contributed by atoms with Gasteiger partial charge in [0, 0.05) is 0 Å². The van der Waals surface area contributed by atoms with Crippen LogP contribution in [0.15, 0.2) is 54.6 Å². The third-order valence-corrected chi connectivity index (χ3v) is 5.12. The van der Waals surface area contributed by atoms with Gasteiger partial charge < -0.3 is 9.47 Å². The number of aryl methyl sites for hydroxylation is 2. The van der Waals surface area contributed by atoms with Gasteiger partial charge in [0.25, 0.3) is 0 Å². The molecule has 0 amide bonds. The van der Waals surface area contributed by atoms with E-state index in [1.807, 2.05) is 18.2 Å². The Labute approximate surface area is 163 Å². The highest BCUT2D eigenvalue weighted by Gasteiger charge is 2.17. The van der Waals surface area contributed by atoms with Gasteiger partial charge in [-0.1, -0.05) is 75.4 Å². The molecule has 27 heavy (non-hydrogen) atoms. The van der Waals surface area contributed by atoms with Crippen LogP contribution in [0.4, 0.5) is 4.79 Å². The summed E-state index contributed by atoms with van der Waals surface area (Å²) in [4.78, 5) is 11.6. The molecule has 0 bridgehead atoms. The van der Waals surface area contributed by atoms with Crippen molar-refractivity contribution in [3.63, 3.8) is 0 Å². The fraction of sp³-hybridized carbons (Fsp3) is 0.458. The number of benzene rings is 2. The van der Waals surface area contributed by atoms with Crippen LogP contribution >= 0.6 is 0 Å². The number of hydrogen-bond acceptors (Lipinski definition) is 3. The predicted molar refractivity (Wildman–Crippen MR) is 110 cm³/mol. The maximum absolute atomic E-state index is 11.6. The molecule has 3 nitrogen and oxygen atoms in total. The molecule has 0 spiro atoms. The van der Waals surface area contributed by atoms with Gasteiger partial charge in [-0.05, 0) is 54.2 Å². The maximum Gasteiger partial charge on any atom is 0.508 e. The number of hydrogen-bond donors (Lipinski definition) is 0. The van der Waals surface area contributed by atoms with E-state index in [1.54, 1.807) is 0 Å². The first-order valence-corrected chi connectivity index (χ1v) is 9.94. The van der Waals surface area contributed by atoms with Gasteiger partial charge in [-0.3, -0.25) is 0 Å². The number of ether oxygens (including phenoxy) is 2. The van der Waals surface area contributed by atoms with Crippen molar-refractivity contribution >= 4 is 6.16 Å². The molecule has 0 aliphatic rings. The molecule has 0 saturated heterocycles. The van der Waals surface area contributed by atoms with E-state index < -0.39 is 6.16 Å². The summed E-state index contributed by atoms with van der Waals surface area (Å²) in [6.07, 6.45) is 3.96. The Balaban J connectivity index is 1.57. The van der Waals surface area contributed by atoms with Gasteiger partial charge in [-0.15, -0.1) is 0 Å². The summed E-state index contributed by atoms with van der Waals surface area (Å²) in [7, 11) is 0. The fourth-order valence-electron chi connectivity index (χ4n) is 2.88. The molecule has 0 fully saturated rings. The van der Waals surface area contributed by atoms with Gasteiger partial charge in [0.05, 0.1) is 13.2 Å². The molecule has 0 N–H and O–H groups in total. The van der Waals surface area contributed by atoms with Gasteiger partial charge >= 0.3 is 6.16 Å². The van der Waals surface area contributed by atoms with Crippen LogP contribution in [0, 0.1) is 0 Å². The van der Waals surface area contributed by atoms with Crippen LogP contribution in [0.5, 0.6) is 0 Å². The summed E-state index contributed by atoms with van der Waals surface area (Å²) in [6.45, 7) is 7.52. The quantitative estimate of drug-likeness (QED) is 0.376. The first kappa shape index (κ1) is 21.0. The van der Waals surface area contributed by atoms with Crippen molar-refractivity contribution in [2.45, 2.75) is 58.3 Å².